The maximum Gasteiger partial charge on any atom is 1.00 e. The molecule has 1 aliphatic carbocycles. The third-order valence-corrected chi connectivity index (χ3v) is 2.66. The Morgan fingerprint density at radius 3 is 2.30 bits per heavy atom. The first kappa shape index (κ1) is 10.6. The van der Waals surface area contributed by atoms with Gasteiger partial charge in [0, 0.05) is 0 Å². The average molecular weight is 136 g/mol. The fourth-order valence-electron chi connectivity index (χ4n) is 1.55. The minimum Gasteiger partial charge on any atom is -1.00 e. The molecule has 0 aromatic carbocycles. The van der Waals surface area contributed by atoms with E-state index in [9.17, 15) is 5.11 Å². The summed E-state index contributed by atoms with van der Waals surface area (Å²) in [6, 6.07) is 0. The SMILES string of the molecule is CC1CCCC(O)C1C.[H-].[Li+]. The predicted molar refractivity (Wildman–Crippen MR) is 39.3 cm³/mol. The van der Waals surface area contributed by atoms with Gasteiger partial charge >= 0.3 is 18.9 Å². The minimum atomic E-state index is -0.0197. The maximum atomic E-state index is 9.35. The van der Waals surface area contributed by atoms with Gasteiger partial charge in [0.25, 0.3) is 0 Å². The average Bonchev–Trinajstić information content (AvgIpc) is 1.83. The Balaban J connectivity index is 0. The molecule has 1 aliphatic rings. The maximum absolute atomic E-state index is 9.35. The number of hydrogen-bond donors (Lipinski definition) is 1. The van der Waals surface area contributed by atoms with Crippen LogP contribution in [0.2, 0.25) is 0 Å². The van der Waals surface area contributed by atoms with Crippen LogP contribution in [0.3, 0.4) is 0 Å². The van der Waals surface area contributed by atoms with E-state index in [0.717, 1.165) is 12.3 Å². The molecule has 1 saturated carbocycles. The van der Waals surface area contributed by atoms with Crippen molar-refractivity contribution in [1.29, 1.82) is 0 Å². The van der Waals surface area contributed by atoms with Crippen LogP contribution in [-0.2, 0) is 0 Å². The molecule has 0 bridgehead atoms. The third-order valence-electron chi connectivity index (χ3n) is 2.66. The number of aliphatic hydroxyl groups excluding tert-OH is 1. The van der Waals surface area contributed by atoms with E-state index >= 15 is 0 Å². The molecule has 0 spiro atoms. The van der Waals surface area contributed by atoms with Crippen molar-refractivity contribution in [2.45, 2.75) is 39.2 Å². The smallest absolute Gasteiger partial charge is 1.00 e. The van der Waals surface area contributed by atoms with E-state index in [0.29, 0.717) is 5.92 Å². The van der Waals surface area contributed by atoms with Crippen LogP contribution in [0.25, 0.3) is 0 Å². The largest absolute Gasteiger partial charge is 1.00 e. The van der Waals surface area contributed by atoms with E-state index < -0.39 is 0 Å². The number of hydrogen-bond acceptors (Lipinski definition) is 1. The zero-order valence-corrected chi connectivity index (χ0v) is 7.30. The van der Waals surface area contributed by atoms with Gasteiger partial charge in [-0.25, -0.2) is 0 Å². The molecular weight excluding hydrogens is 119 g/mol. The van der Waals surface area contributed by atoms with Crippen molar-refractivity contribution < 1.29 is 25.4 Å². The van der Waals surface area contributed by atoms with Crippen LogP contribution in [0.4, 0.5) is 0 Å². The molecule has 0 amide bonds. The Hall–Kier alpha value is 0.557. The molecule has 1 nitrogen and oxygen atoms in total. The van der Waals surface area contributed by atoms with E-state index in [1.165, 1.54) is 12.8 Å². The molecule has 1 fully saturated rings. The van der Waals surface area contributed by atoms with Crippen LogP contribution >= 0.6 is 0 Å². The summed E-state index contributed by atoms with van der Waals surface area (Å²) >= 11 is 0. The summed E-state index contributed by atoms with van der Waals surface area (Å²) in [5.74, 6) is 1.26. The monoisotopic (exact) mass is 136 g/mol. The van der Waals surface area contributed by atoms with Gasteiger partial charge in [-0.2, -0.15) is 0 Å². The van der Waals surface area contributed by atoms with Gasteiger partial charge < -0.3 is 6.53 Å². The first-order valence-electron chi connectivity index (χ1n) is 3.90. The van der Waals surface area contributed by atoms with E-state index in [1.807, 2.05) is 0 Å². The van der Waals surface area contributed by atoms with Crippen molar-refractivity contribution in [2.24, 2.45) is 11.8 Å². The van der Waals surface area contributed by atoms with Crippen LogP contribution in [0.1, 0.15) is 34.5 Å². The Morgan fingerprint density at radius 1 is 1.30 bits per heavy atom. The van der Waals surface area contributed by atoms with Crippen molar-refractivity contribution in [3.05, 3.63) is 0 Å². The molecule has 0 heterocycles. The zero-order valence-electron chi connectivity index (χ0n) is 8.30. The van der Waals surface area contributed by atoms with Gasteiger partial charge in [-0.05, 0) is 18.3 Å². The molecule has 0 saturated heterocycles. The van der Waals surface area contributed by atoms with E-state index in [1.54, 1.807) is 0 Å². The van der Waals surface area contributed by atoms with E-state index in [-0.39, 0.29) is 26.4 Å². The molecule has 3 atom stereocenters. The van der Waals surface area contributed by atoms with Crippen LogP contribution in [0, 0.1) is 11.8 Å². The van der Waals surface area contributed by atoms with Gasteiger partial charge in [-0.1, -0.05) is 26.7 Å². The third kappa shape index (κ3) is 2.31. The van der Waals surface area contributed by atoms with Crippen molar-refractivity contribution in [3.8, 4) is 0 Å². The summed E-state index contributed by atoms with van der Waals surface area (Å²) in [7, 11) is 0. The summed E-state index contributed by atoms with van der Waals surface area (Å²) in [6.07, 6.45) is 3.52. The van der Waals surface area contributed by atoms with Gasteiger partial charge in [0.1, 0.15) is 0 Å². The van der Waals surface area contributed by atoms with E-state index in [2.05, 4.69) is 13.8 Å². The molecule has 0 radical (unpaired) electrons. The Labute approximate surface area is 76.9 Å². The van der Waals surface area contributed by atoms with Gasteiger partial charge in [0.2, 0.25) is 0 Å². The Kier molecular flexibility index (Phi) is 4.69. The van der Waals surface area contributed by atoms with Crippen molar-refractivity contribution in [3.63, 3.8) is 0 Å². The summed E-state index contributed by atoms with van der Waals surface area (Å²) in [5, 5.41) is 9.35. The molecule has 10 heavy (non-hydrogen) atoms. The normalized spacial score (nSPS) is 40.5. The molecule has 0 aromatic rings. The quantitative estimate of drug-likeness (QED) is 0.420. The van der Waals surface area contributed by atoms with Crippen molar-refractivity contribution >= 4 is 0 Å². The minimum absolute atomic E-state index is 0. The number of rotatable bonds is 0. The first-order valence-corrected chi connectivity index (χ1v) is 3.90. The molecule has 0 aromatic heterocycles. The molecule has 1 rings (SSSR count). The van der Waals surface area contributed by atoms with Crippen molar-refractivity contribution in [2.75, 3.05) is 0 Å². The van der Waals surface area contributed by atoms with Crippen LogP contribution < -0.4 is 18.9 Å². The van der Waals surface area contributed by atoms with Gasteiger partial charge in [-0.15, -0.1) is 0 Å². The summed E-state index contributed by atoms with van der Waals surface area (Å²) in [4.78, 5) is 0. The molecule has 2 heteroatoms. The summed E-state index contributed by atoms with van der Waals surface area (Å²) in [5.41, 5.74) is 0. The van der Waals surface area contributed by atoms with Crippen LogP contribution in [0.15, 0.2) is 0 Å². The molecule has 56 valence electrons. The van der Waals surface area contributed by atoms with Gasteiger partial charge in [-0.3, -0.25) is 0 Å². The van der Waals surface area contributed by atoms with Crippen LogP contribution in [0.5, 0.6) is 0 Å². The first-order chi connectivity index (χ1) is 4.22. The summed E-state index contributed by atoms with van der Waals surface area (Å²) < 4.78 is 0. The van der Waals surface area contributed by atoms with Crippen LogP contribution in [-0.4, -0.2) is 11.2 Å². The molecule has 3 unspecified atom stereocenters. The predicted octanol–water partition coefficient (Wildman–Crippen LogP) is -1.08. The Morgan fingerprint density at radius 2 is 1.90 bits per heavy atom. The van der Waals surface area contributed by atoms with E-state index in [4.69, 9.17) is 0 Å². The fraction of sp³-hybridized carbons (Fsp3) is 1.00. The fourth-order valence-corrected chi connectivity index (χ4v) is 1.55. The zero-order chi connectivity index (χ0) is 6.85. The second-order valence-corrected chi connectivity index (χ2v) is 3.33. The molecular formula is C8H17LiO. The molecule has 0 aliphatic heterocycles. The van der Waals surface area contributed by atoms with Gasteiger partial charge in [0.15, 0.2) is 0 Å². The topological polar surface area (TPSA) is 20.2 Å². The Bertz CT molecular complexity index is 90.1. The molecule has 1 N–H and O–H groups in total. The van der Waals surface area contributed by atoms with Gasteiger partial charge in [0.05, 0.1) is 6.10 Å². The number of aliphatic hydroxyl groups is 1. The summed E-state index contributed by atoms with van der Waals surface area (Å²) in [6.45, 7) is 4.38. The standard InChI is InChI=1S/C8H16O.Li.H/c1-6-4-3-5-8(9)7(6)2;;/h6-9H,3-5H2,1-2H3;;/q;+1;-1. The van der Waals surface area contributed by atoms with Crippen molar-refractivity contribution in [1.82, 2.24) is 0 Å². The second kappa shape index (κ2) is 4.44. The second-order valence-electron chi connectivity index (χ2n) is 3.33.